The van der Waals surface area contributed by atoms with E-state index in [0.29, 0.717) is 51.4 Å². The van der Waals surface area contributed by atoms with E-state index in [2.05, 4.69) is 15.4 Å². The highest BCUT2D eigenvalue weighted by molar-refractivity contribution is 7.88. The second kappa shape index (κ2) is 8.32. The Hall–Kier alpha value is -2.04. The number of piperazine rings is 1. The number of hydrogen-bond acceptors (Lipinski definition) is 6. The predicted molar refractivity (Wildman–Crippen MR) is 98.3 cm³/mol. The van der Waals surface area contributed by atoms with Crippen molar-refractivity contribution in [3.8, 4) is 0 Å². The summed E-state index contributed by atoms with van der Waals surface area (Å²) in [4.78, 5) is 19.5. The zero-order valence-electron chi connectivity index (χ0n) is 15.1. The Morgan fingerprint density at radius 3 is 2.56 bits per heavy atom. The van der Waals surface area contributed by atoms with E-state index >= 15 is 0 Å². The lowest BCUT2D eigenvalue weighted by Gasteiger charge is -2.33. The smallest absolute Gasteiger partial charge is 0.264 e. The number of carbonyl (C=O) groups excluding carboxylic acids is 1. The van der Waals surface area contributed by atoms with Crippen molar-refractivity contribution in [2.75, 3.05) is 45.5 Å². The molecule has 1 aromatic carbocycles. The average molecular weight is 398 g/mol. The molecular formula is C17H23FN4O4S. The van der Waals surface area contributed by atoms with Gasteiger partial charge in [0.1, 0.15) is 5.82 Å². The number of amides is 1. The standard InChI is InChI=1S/C17H23FN4O4S/c1-27(24,25)22-10-8-21(9-11-22)7-6-19-17(23)16-12-15(20-26-16)13-2-4-14(18)5-3-13/h2-5,16H,6-12H2,1H3,(H,19,23). The zero-order chi connectivity index (χ0) is 19.4. The van der Waals surface area contributed by atoms with Crippen LogP contribution in [0.4, 0.5) is 4.39 Å². The fourth-order valence-electron chi connectivity index (χ4n) is 3.07. The minimum absolute atomic E-state index is 0.245. The number of nitrogens with zero attached hydrogens (tertiary/aromatic N) is 3. The molecule has 2 heterocycles. The van der Waals surface area contributed by atoms with Gasteiger partial charge in [0.05, 0.1) is 12.0 Å². The van der Waals surface area contributed by atoms with Gasteiger partial charge < -0.3 is 10.2 Å². The molecule has 1 aromatic rings. The van der Waals surface area contributed by atoms with Crippen molar-refractivity contribution in [1.82, 2.24) is 14.5 Å². The second-order valence-corrected chi connectivity index (χ2v) is 8.62. The Balaban J connectivity index is 1.38. The van der Waals surface area contributed by atoms with Gasteiger partial charge in [-0.2, -0.15) is 4.31 Å². The molecule has 0 aliphatic carbocycles. The first-order chi connectivity index (χ1) is 12.8. The predicted octanol–water partition coefficient (Wildman–Crippen LogP) is 0.0121. The lowest BCUT2D eigenvalue weighted by atomic mass is 10.0. The molecule has 0 bridgehead atoms. The molecule has 10 heteroatoms. The first kappa shape index (κ1) is 19.7. The highest BCUT2D eigenvalue weighted by atomic mass is 32.2. The lowest BCUT2D eigenvalue weighted by Crippen LogP contribution is -2.50. The summed E-state index contributed by atoms with van der Waals surface area (Å²) in [7, 11) is -3.14. The van der Waals surface area contributed by atoms with Crippen molar-refractivity contribution in [2.24, 2.45) is 5.16 Å². The number of benzene rings is 1. The summed E-state index contributed by atoms with van der Waals surface area (Å²) < 4.78 is 37.4. The van der Waals surface area contributed by atoms with Crippen LogP contribution >= 0.6 is 0 Å². The van der Waals surface area contributed by atoms with Crippen molar-refractivity contribution in [3.63, 3.8) is 0 Å². The van der Waals surface area contributed by atoms with Crippen LogP contribution in [-0.2, 0) is 19.7 Å². The number of rotatable bonds is 6. The first-order valence-electron chi connectivity index (χ1n) is 8.77. The molecule has 148 valence electrons. The number of halogens is 1. The number of oxime groups is 1. The molecule has 2 aliphatic rings. The molecule has 0 spiro atoms. The first-order valence-corrected chi connectivity index (χ1v) is 10.6. The van der Waals surface area contributed by atoms with Crippen LogP contribution in [0, 0.1) is 5.82 Å². The van der Waals surface area contributed by atoms with E-state index in [9.17, 15) is 17.6 Å². The fraction of sp³-hybridized carbons (Fsp3) is 0.529. The monoisotopic (exact) mass is 398 g/mol. The summed E-state index contributed by atoms with van der Waals surface area (Å²) in [6.07, 6.45) is 0.865. The molecule has 0 saturated carbocycles. The maximum Gasteiger partial charge on any atom is 0.264 e. The topological polar surface area (TPSA) is 91.3 Å². The van der Waals surface area contributed by atoms with Gasteiger partial charge >= 0.3 is 0 Å². The van der Waals surface area contributed by atoms with Crippen LogP contribution in [0.1, 0.15) is 12.0 Å². The third-order valence-corrected chi connectivity index (χ3v) is 5.97. The van der Waals surface area contributed by atoms with Gasteiger partial charge in [-0.25, -0.2) is 12.8 Å². The van der Waals surface area contributed by atoms with E-state index in [4.69, 9.17) is 4.84 Å². The maximum absolute atomic E-state index is 13.0. The molecule has 1 atom stereocenters. The van der Waals surface area contributed by atoms with Gasteiger partial charge in [-0.05, 0) is 17.7 Å². The van der Waals surface area contributed by atoms with Gasteiger partial charge in [-0.3, -0.25) is 9.69 Å². The van der Waals surface area contributed by atoms with E-state index in [1.807, 2.05) is 0 Å². The summed E-state index contributed by atoms with van der Waals surface area (Å²) in [5, 5.41) is 6.75. The largest absolute Gasteiger partial charge is 0.382 e. The van der Waals surface area contributed by atoms with Crippen molar-refractivity contribution in [1.29, 1.82) is 0 Å². The molecule has 1 unspecified atom stereocenters. The Morgan fingerprint density at radius 1 is 1.26 bits per heavy atom. The van der Waals surface area contributed by atoms with E-state index in [1.54, 1.807) is 12.1 Å². The quantitative estimate of drug-likeness (QED) is 0.729. The number of nitrogens with one attached hydrogen (secondary N) is 1. The Labute approximate surface area is 158 Å². The number of hydrogen-bond donors (Lipinski definition) is 1. The van der Waals surface area contributed by atoms with Gasteiger partial charge in [0, 0.05) is 45.7 Å². The van der Waals surface area contributed by atoms with E-state index in [-0.39, 0.29) is 11.7 Å². The number of sulfonamides is 1. The molecule has 1 N–H and O–H groups in total. The minimum atomic E-state index is -3.14. The third kappa shape index (κ3) is 5.24. The van der Waals surface area contributed by atoms with Crippen LogP contribution in [0.3, 0.4) is 0 Å². The molecule has 2 aliphatic heterocycles. The Kier molecular flexibility index (Phi) is 6.08. The van der Waals surface area contributed by atoms with Crippen LogP contribution in [0.25, 0.3) is 0 Å². The van der Waals surface area contributed by atoms with Gasteiger partial charge in [0.2, 0.25) is 16.1 Å². The fourth-order valence-corrected chi connectivity index (χ4v) is 3.89. The van der Waals surface area contributed by atoms with Crippen LogP contribution in [0.2, 0.25) is 0 Å². The molecular weight excluding hydrogens is 375 g/mol. The summed E-state index contributed by atoms with van der Waals surface area (Å²) >= 11 is 0. The van der Waals surface area contributed by atoms with Gasteiger partial charge in [0.15, 0.2) is 0 Å². The zero-order valence-corrected chi connectivity index (χ0v) is 15.9. The summed E-state index contributed by atoms with van der Waals surface area (Å²) in [5.74, 6) is -0.574. The summed E-state index contributed by atoms with van der Waals surface area (Å²) in [6, 6.07) is 5.89. The van der Waals surface area contributed by atoms with Gasteiger partial charge in [0.25, 0.3) is 5.91 Å². The number of carbonyl (C=O) groups is 1. The minimum Gasteiger partial charge on any atom is -0.382 e. The van der Waals surface area contributed by atoms with E-state index in [1.165, 1.54) is 22.7 Å². The van der Waals surface area contributed by atoms with Crippen LogP contribution < -0.4 is 5.32 Å². The van der Waals surface area contributed by atoms with E-state index < -0.39 is 16.1 Å². The summed E-state index contributed by atoms with van der Waals surface area (Å²) in [6.45, 7) is 3.30. The van der Waals surface area contributed by atoms with Crippen molar-refractivity contribution in [2.45, 2.75) is 12.5 Å². The molecule has 1 saturated heterocycles. The normalized spacial score (nSPS) is 21.6. The maximum atomic E-state index is 13.0. The molecule has 3 rings (SSSR count). The molecule has 1 fully saturated rings. The highest BCUT2D eigenvalue weighted by Crippen LogP contribution is 2.17. The Bertz CT molecular complexity index is 805. The lowest BCUT2D eigenvalue weighted by molar-refractivity contribution is -0.131. The Morgan fingerprint density at radius 2 is 1.93 bits per heavy atom. The molecule has 27 heavy (non-hydrogen) atoms. The van der Waals surface area contributed by atoms with Crippen LogP contribution in [-0.4, -0.2) is 80.9 Å². The molecule has 1 amide bonds. The van der Waals surface area contributed by atoms with Crippen LogP contribution in [0.5, 0.6) is 0 Å². The van der Waals surface area contributed by atoms with Gasteiger partial charge in [-0.1, -0.05) is 17.3 Å². The molecule has 0 radical (unpaired) electrons. The SMILES string of the molecule is CS(=O)(=O)N1CCN(CCNC(=O)C2CC(c3ccc(F)cc3)=NO2)CC1. The van der Waals surface area contributed by atoms with Crippen molar-refractivity contribution >= 4 is 21.6 Å². The third-order valence-electron chi connectivity index (χ3n) is 4.67. The van der Waals surface area contributed by atoms with E-state index in [0.717, 1.165) is 5.56 Å². The van der Waals surface area contributed by atoms with Crippen molar-refractivity contribution in [3.05, 3.63) is 35.6 Å². The summed E-state index contributed by atoms with van der Waals surface area (Å²) in [5.41, 5.74) is 1.35. The second-order valence-electron chi connectivity index (χ2n) is 6.64. The molecule has 8 nitrogen and oxygen atoms in total. The van der Waals surface area contributed by atoms with Crippen LogP contribution in [0.15, 0.2) is 29.4 Å². The van der Waals surface area contributed by atoms with Gasteiger partial charge in [-0.15, -0.1) is 0 Å². The van der Waals surface area contributed by atoms with Crippen molar-refractivity contribution < 1.29 is 22.4 Å². The average Bonchev–Trinajstić information content (AvgIpc) is 3.12. The molecule has 0 aromatic heterocycles. The highest BCUT2D eigenvalue weighted by Gasteiger charge is 2.29.